The van der Waals surface area contributed by atoms with Gasteiger partial charge in [0.05, 0.1) is 10.6 Å². The van der Waals surface area contributed by atoms with E-state index in [-0.39, 0.29) is 47.2 Å². The Hall–Kier alpha value is -3.01. The van der Waals surface area contributed by atoms with Crippen LogP contribution in [0.4, 0.5) is 5.82 Å². The Kier molecular flexibility index (Phi) is 11.9. The first kappa shape index (κ1) is 33.5. The molecule has 1 unspecified atom stereocenters. The number of hydrogen-bond donors (Lipinski definition) is 3. The number of hydrogen-bond acceptors (Lipinski definition) is 7. The van der Waals surface area contributed by atoms with Crippen LogP contribution in [0.1, 0.15) is 88.0 Å². The van der Waals surface area contributed by atoms with E-state index >= 15 is 0 Å². The van der Waals surface area contributed by atoms with E-state index in [2.05, 4.69) is 34.3 Å². The molecule has 1 saturated carbocycles. The maximum absolute atomic E-state index is 14.0. The van der Waals surface area contributed by atoms with Crippen molar-refractivity contribution in [3.63, 3.8) is 0 Å². The number of aliphatic carboxylic acids is 1. The van der Waals surface area contributed by atoms with Gasteiger partial charge in [-0.15, -0.1) is 12.4 Å². The molecule has 10 heteroatoms. The Labute approximate surface area is 255 Å². The summed E-state index contributed by atoms with van der Waals surface area (Å²) in [5.74, 6) is -0.822. The van der Waals surface area contributed by atoms with Gasteiger partial charge in [0.2, 0.25) is 9.84 Å². The molecule has 1 aromatic carbocycles. The highest BCUT2D eigenvalue weighted by atomic mass is 35.5. The predicted octanol–water partition coefficient (Wildman–Crippen LogP) is 6.40. The second kappa shape index (κ2) is 14.9. The molecule has 0 spiro atoms. The molecule has 2 heterocycles. The lowest BCUT2D eigenvalue weighted by atomic mass is 9.88. The van der Waals surface area contributed by atoms with Gasteiger partial charge in [0.15, 0.2) is 4.87 Å². The molecule has 42 heavy (non-hydrogen) atoms. The molecule has 1 atom stereocenters. The first-order valence-corrected chi connectivity index (χ1v) is 16.1. The number of anilines is 1. The monoisotopic (exact) mass is 614 g/mol. The van der Waals surface area contributed by atoms with E-state index in [4.69, 9.17) is 10.8 Å². The van der Waals surface area contributed by atoms with E-state index in [0.29, 0.717) is 0 Å². The van der Waals surface area contributed by atoms with Crippen molar-refractivity contribution in [2.75, 3.05) is 11.9 Å². The highest BCUT2D eigenvalue weighted by Crippen LogP contribution is 2.52. The summed E-state index contributed by atoms with van der Waals surface area (Å²) in [6, 6.07) is 16.0. The van der Waals surface area contributed by atoms with Gasteiger partial charge in [0.25, 0.3) is 0 Å². The van der Waals surface area contributed by atoms with Crippen molar-refractivity contribution in [2.24, 2.45) is 5.73 Å². The number of carboxylic acids is 1. The Morgan fingerprint density at radius 2 is 1.69 bits per heavy atom. The molecule has 0 radical (unpaired) electrons. The lowest BCUT2D eigenvalue weighted by Crippen LogP contribution is -2.47. The number of sulfone groups is 1. The topological polar surface area (TPSA) is 135 Å². The minimum atomic E-state index is -4.14. The van der Waals surface area contributed by atoms with Gasteiger partial charge < -0.3 is 16.2 Å². The molecule has 0 amide bonds. The smallest absolute Gasteiger partial charge is 0.322 e. The van der Waals surface area contributed by atoms with Crippen molar-refractivity contribution < 1.29 is 18.3 Å². The third-order valence-electron chi connectivity index (χ3n) is 8.17. The van der Waals surface area contributed by atoms with Gasteiger partial charge in [-0.25, -0.2) is 13.4 Å². The SMILES string of the molecule is CCCCCCCCCC1(c2ccc(CC(N)(c3cccc(NCC(=O)O)n3)S(=O)(=O)c3cccnc3)cc2)CC1.Cl. The third kappa shape index (κ3) is 8.08. The Morgan fingerprint density at radius 3 is 2.31 bits per heavy atom. The van der Waals surface area contributed by atoms with Gasteiger partial charge in [0.1, 0.15) is 12.4 Å². The van der Waals surface area contributed by atoms with Crippen molar-refractivity contribution in [1.29, 1.82) is 0 Å². The molecule has 228 valence electrons. The molecule has 4 rings (SSSR count). The number of nitrogens with one attached hydrogen (secondary N) is 1. The Morgan fingerprint density at radius 1 is 1.00 bits per heavy atom. The number of carbonyl (C=O) groups is 1. The lowest BCUT2D eigenvalue weighted by Gasteiger charge is -2.29. The number of halogens is 1. The van der Waals surface area contributed by atoms with Crippen LogP contribution in [-0.2, 0) is 31.3 Å². The summed E-state index contributed by atoms with van der Waals surface area (Å²) in [7, 11) is -4.14. The first-order valence-electron chi connectivity index (χ1n) is 14.7. The fourth-order valence-corrected chi connectivity index (χ4v) is 7.13. The van der Waals surface area contributed by atoms with E-state index in [9.17, 15) is 13.2 Å². The van der Waals surface area contributed by atoms with Crippen LogP contribution < -0.4 is 11.1 Å². The van der Waals surface area contributed by atoms with Crippen LogP contribution in [0, 0.1) is 0 Å². The zero-order valence-electron chi connectivity index (χ0n) is 24.3. The molecule has 0 saturated heterocycles. The maximum Gasteiger partial charge on any atom is 0.322 e. The zero-order valence-corrected chi connectivity index (χ0v) is 25.9. The summed E-state index contributed by atoms with van der Waals surface area (Å²) in [5.41, 5.74) is 9.28. The summed E-state index contributed by atoms with van der Waals surface area (Å²) in [6.07, 6.45) is 15.4. The number of aromatic nitrogens is 2. The fraction of sp³-hybridized carbons (Fsp3) is 0.469. The number of nitrogens with two attached hydrogens (primary N) is 1. The molecule has 0 aliphatic heterocycles. The number of unbranched alkanes of at least 4 members (excludes halogenated alkanes) is 6. The average Bonchev–Trinajstić information content (AvgIpc) is 3.77. The summed E-state index contributed by atoms with van der Waals surface area (Å²) in [6.45, 7) is 1.89. The highest BCUT2D eigenvalue weighted by molar-refractivity contribution is 7.92. The van der Waals surface area contributed by atoms with Gasteiger partial charge in [-0.2, -0.15) is 0 Å². The number of benzene rings is 1. The van der Waals surface area contributed by atoms with E-state index < -0.39 is 20.7 Å². The van der Waals surface area contributed by atoms with Crippen molar-refractivity contribution in [3.05, 3.63) is 83.8 Å². The number of nitrogens with zero attached hydrogens (tertiary/aromatic N) is 2. The molecule has 2 aromatic heterocycles. The van der Waals surface area contributed by atoms with E-state index in [0.717, 1.165) is 5.56 Å². The molecule has 0 bridgehead atoms. The summed E-state index contributed by atoms with van der Waals surface area (Å²) in [4.78, 5) is 17.6. The normalized spacial score (nSPS) is 15.3. The van der Waals surface area contributed by atoms with Gasteiger partial charge in [-0.3, -0.25) is 9.78 Å². The maximum atomic E-state index is 14.0. The lowest BCUT2D eigenvalue weighted by molar-refractivity contribution is -0.134. The predicted molar refractivity (Wildman–Crippen MR) is 169 cm³/mol. The second-order valence-electron chi connectivity index (χ2n) is 11.3. The Balaban J connectivity index is 0.00000484. The van der Waals surface area contributed by atoms with Crippen LogP contribution in [0.25, 0.3) is 0 Å². The third-order valence-corrected chi connectivity index (χ3v) is 10.3. The molecular formula is C32H43ClN4O4S. The minimum Gasteiger partial charge on any atom is -0.480 e. The van der Waals surface area contributed by atoms with Gasteiger partial charge in [-0.1, -0.05) is 82.2 Å². The van der Waals surface area contributed by atoms with E-state index in [1.54, 1.807) is 24.3 Å². The summed E-state index contributed by atoms with van der Waals surface area (Å²) < 4.78 is 28.0. The van der Waals surface area contributed by atoms with Crippen LogP contribution in [0.2, 0.25) is 0 Å². The summed E-state index contributed by atoms with van der Waals surface area (Å²) >= 11 is 0. The summed E-state index contributed by atoms with van der Waals surface area (Å²) in [5, 5.41) is 11.7. The van der Waals surface area contributed by atoms with E-state index in [1.807, 2.05) is 12.1 Å². The van der Waals surface area contributed by atoms with Crippen LogP contribution in [0.15, 0.2) is 71.9 Å². The van der Waals surface area contributed by atoms with Gasteiger partial charge in [0, 0.05) is 18.8 Å². The van der Waals surface area contributed by atoms with Crippen LogP contribution in [0.3, 0.4) is 0 Å². The molecule has 8 nitrogen and oxygen atoms in total. The van der Waals surface area contributed by atoms with Gasteiger partial charge in [-0.05, 0) is 60.1 Å². The van der Waals surface area contributed by atoms with Crippen LogP contribution in [0.5, 0.6) is 0 Å². The molecule has 4 N–H and O–H groups in total. The minimum absolute atomic E-state index is 0. The quantitative estimate of drug-likeness (QED) is 0.149. The second-order valence-corrected chi connectivity index (χ2v) is 13.5. The van der Waals surface area contributed by atoms with Crippen LogP contribution >= 0.6 is 12.4 Å². The standard InChI is InChI=1S/C32H42N4O4S.ClH/c1-2-3-4-5-6-7-8-18-31(19-20-31)26-16-14-25(15-17-26)22-32(33,41(39,40)27-11-10-21-34-23-27)28-12-9-13-29(36-28)35-24-30(37)38;/h9-17,21,23H,2-8,18-20,22,24,33H2,1H3,(H,35,36)(H,37,38);1H. The van der Waals surface area contributed by atoms with E-state index in [1.165, 1.54) is 88.2 Å². The molecule has 1 aliphatic carbocycles. The zero-order chi connectivity index (χ0) is 29.3. The molecule has 3 aromatic rings. The van der Waals surface area contributed by atoms with Crippen LogP contribution in [-0.4, -0.2) is 36.0 Å². The molecule has 1 fully saturated rings. The highest BCUT2D eigenvalue weighted by Gasteiger charge is 2.46. The van der Waals surface area contributed by atoms with Crippen molar-refractivity contribution in [1.82, 2.24) is 9.97 Å². The van der Waals surface area contributed by atoms with Crippen molar-refractivity contribution in [2.45, 2.75) is 92.7 Å². The van der Waals surface area contributed by atoms with Crippen molar-refractivity contribution in [3.8, 4) is 0 Å². The average molecular weight is 615 g/mol. The fourth-order valence-electron chi connectivity index (χ4n) is 5.51. The number of pyridine rings is 2. The number of rotatable bonds is 17. The molecule has 1 aliphatic rings. The van der Waals surface area contributed by atoms with Crippen molar-refractivity contribution >= 4 is 34.0 Å². The largest absolute Gasteiger partial charge is 0.480 e. The Bertz CT molecular complexity index is 1400. The number of carboxylic acid groups (broad SMARTS) is 1. The molecular weight excluding hydrogens is 572 g/mol. The van der Waals surface area contributed by atoms with Gasteiger partial charge >= 0.3 is 5.97 Å². The first-order chi connectivity index (χ1) is 19.7.